The molecular formula is C20H22N4O2. The molecule has 0 saturated carbocycles. The monoisotopic (exact) mass is 350 g/mol. The Balaban J connectivity index is 1.44. The first kappa shape index (κ1) is 16.6. The van der Waals surface area contributed by atoms with Crippen LogP contribution in [0.2, 0.25) is 0 Å². The van der Waals surface area contributed by atoms with Crippen molar-refractivity contribution in [3.05, 3.63) is 47.7 Å². The molecule has 2 aliphatic heterocycles. The lowest BCUT2D eigenvalue weighted by atomic mass is 10.00. The van der Waals surface area contributed by atoms with Gasteiger partial charge in [-0.15, -0.1) is 0 Å². The molecule has 0 spiro atoms. The Labute approximate surface area is 152 Å². The molecule has 1 aromatic carbocycles. The molecule has 0 radical (unpaired) electrons. The Bertz CT molecular complexity index is 826. The number of fused-ring (bicyclic) bond motifs is 1. The molecule has 3 heterocycles. The van der Waals surface area contributed by atoms with Gasteiger partial charge in [0, 0.05) is 30.8 Å². The zero-order valence-corrected chi connectivity index (χ0v) is 14.6. The molecule has 2 aliphatic rings. The summed E-state index contributed by atoms with van der Waals surface area (Å²) in [6.07, 6.45) is 6.67. The number of aryl methyl sites for hydroxylation is 1. The second-order valence-electron chi connectivity index (χ2n) is 6.82. The number of rotatable bonds is 3. The molecule has 0 bridgehead atoms. The van der Waals surface area contributed by atoms with Crippen LogP contribution >= 0.6 is 0 Å². The van der Waals surface area contributed by atoms with E-state index in [-0.39, 0.29) is 11.8 Å². The van der Waals surface area contributed by atoms with Crippen molar-refractivity contribution >= 4 is 29.0 Å². The van der Waals surface area contributed by atoms with Crippen LogP contribution < -0.4 is 15.5 Å². The number of benzene rings is 1. The Hall–Kier alpha value is -2.89. The summed E-state index contributed by atoms with van der Waals surface area (Å²) >= 11 is 0. The van der Waals surface area contributed by atoms with Gasteiger partial charge in [-0.25, -0.2) is 4.98 Å². The Morgan fingerprint density at radius 1 is 1.08 bits per heavy atom. The highest BCUT2D eigenvalue weighted by molar-refractivity contribution is 6.04. The molecule has 0 atom stereocenters. The quantitative estimate of drug-likeness (QED) is 0.891. The van der Waals surface area contributed by atoms with Crippen molar-refractivity contribution in [1.82, 2.24) is 4.98 Å². The average molecular weight is 350 g/mol. The number of piperidine rings is 1. The highest BCUT2D eigenvalue weighted by Gasteiger charge is 2.17. The van der Waals surface area contributed by atoms with Gasteiger partial charge < -0.3 is 15.5 Å². The largest absolute Gasteiger partial charge is 0.370 e. The number of amides is 2. The molecule has 1 aromatic heterocycles. The van der Waals surface area contributed by atoms with Gasteiger partial charge in [-0.2, -0.15) is 0 Å². The summed E-state index contributed by atoms with van der Waals surface area (Å²) < 4.78 is 0. The average Bonchev–Trinajstić information content (AvgIpc) is 2.69. The third-order valence-corrected chi connectivity index (χ3v) is 4.97. The molecule has 6 nitrogen and oxygen atoms in total. The van der Waals surface area contributed by atoms with Crippen LogP contribution in [-0.4, -0.2) is 29.9 Å². The Morgan fingerprint density at radius 3 is 2.69 bits per heavy atom. The van der Waals surface area contributed by atoms with Crippen molar-refractivity contribution in [3.8, 4) is 0 Å². The molecule has 26 heavy (non-hydrogen) atoms. The second-order valence-corrected chi connectivity index (χ2v) is 6.82. The minimum atomic E-state index is -0.192. The molecule has 4 rings (SSSR count). The molecule has 2 aromatic rings. The van der Waals surface area contributed by atoms with Crippen LogP contribution in [0.25, 0.3) is 0 Å². The summed E-state index contributed by atoms with van der Waals surface area (Å²) in [5.74, 6) is 0.373. The zero-order valence-electron chi connectivity index (χ0n) is 14.6. The SMILES string of the molecule is O=C1CCc2cc(C(=O)Nc3ccc(N4CCCCC4)cn3)ccc2N1. The van der Waals surface area contributed by atoms with E-state index in [1.54, 1.807) is 12.1 Å². The summed E-state index contributed by atoms with van der Waals surface area (Å²) in [5, 5.41) is 5.67. The first-order chi connectivity index (χ1) is 12.7. The summed E-state index contributed by atoms with van der Waals surface area (Å²) in [6, 6.07) is 9.21. The van der Waals surface area contributed by atoms with Crippen LogP contribution in [0.1, 0.15) is 41.6 Å². The third-order valence-electron chi connectivity index (χ3n) is 4.97. The lowest BCUT2D eigenvalue weighted by Crippen LogP contribution is -2.29. The minimum Gasteiger partial charge on any atom is -0.370 e. The van der Waals surface area contributed by atoms with Gasteiger partial charge in [-0.05, 0) is 61.6 Å². The molecular weight excluding hydrogens is 328 g/mol. The van der Waals surface area contributed by atoms with Crippen LogP contribution in [0.5, 0.6) is 0 Å². The fourth-order valence-corrected chi connectivity index (χ4v) is 3.51. The fourth-order valence-electron chi connectivity index (χ4n) is 3.51. The number of aromatic nitrogens is 1. The molecule has 2 N–H and O–H groups in total. The maximum absolute atomic E-state index is 12.5. The van der Waals surface area contributed by atoms with Gasteiger partial charge in [0.05, 0.1) is 11.9 Å². The van der Waals surface area contributed by atoms with Gasteiger partial charge >= 0.3 is 0 Å². The van der Waals surface area contributed by atoms with E-state index in [0.29, 0.717) is 24.2 Å². The number of anilines is 3. The van der Waals surface area contributed by atoms with Crippen molar-refractivity contribution in [3.63, 3.8) is 0 Å². The highest BCUT2D eigenvalue weighted by atomic mass is 16.2. The van der Waals surface area contributed by atoms with E-state index in [1.807, 2.05) is 24.4 Å². The minimum absolute atomic E-state index is 0.0210. The van der Waals surface area contributed by atoms with Crippen LogP contribution in [0, 0.1) is 0 Å². The number of carbonyl (C=O) groups excluding carboxylic acids is 2. The molecule has 0 unspecified atom stereocenters. The van der Waals surface area contributed by atoms with Crippen LogP contribution in [0.3, 0.4) is 0 Å². The van der Waals surface area contributed by atoms with Crippen LogP contribution in [0.15, 0.2) is 36.5 Å². The van der Waals surface area contributed by atoms with Gasteiger partial charge in [-0.3, -0.25) is 9.59 Å². The predicted molar refractivity (Wildman–Crippen MR) is 102 cm³/mol. The van der Waals surface area contributed by atoms with E-state index in [9.17, 15) is 9.59 Å². The fraction of sp³-hybridized carbons (Fsp3) is 0.350. The van der Waals surface area contributed by atoms with Crippen LogP contribution in [0.4, 0.5) is 17.2 Å². The summed E-state index contributed by atoms with van der Waals surface area (Å²) in [7, 11) is 0. The van der Waals surface area contributed by atoms with Gasteiger partial charge in [0.1, 0.15) is 5.82 Å². The van der Waals surface area contributed by atoms with Crippen molar-refractivity contribution < 1.29 is 9.59 Å². The molecule has 0 aliphatic carbocycles. The lowest BCUT2D eigenvalue weighted by molar-refractivity contribution is -0.116. The van der Waals surface area contributed by atoms with Gasteiger partial charge in [0.25, 0.3) is 5.91 Å². The van der Waals surface area contributed by atoms with E-state index in [2.05, 4.69) is 20.5 Å². The normalized spacial score (nSPS) is 16.6. The van der Waals surface area contributed by atoms with E-state index in [0.717, 1.165) is 30.0 Å². The van der Waals surface area contributed by atoms with Crippen LogP contribution in [-0.2, 0) is 11.2 Å². The third kappa shape index (κ3) is 3.54. The number of pyridine rings is 1. The molecule has 1 saturated heterocycles. The summed E-state index contributed by atoms with van der Waals surface area (Å²) in [4.78, 5) is 30.6. The van der Waals surface area contributed by atoms with E-state index in [1.165, 1.54) is 19.3 Å². The number of carbonyl (C=O) groups is 2. The van der Waals surface area contributed by atoms with Crippen molar-refractivity contribution in [2.75, 3.05) is 28.6 Å². The Morgan fingerprint density at radius 2 is 1.92 bits per heavy atom. The van der Waals surface area contributed by atoms with Crippen molar-refractivity contribution in [1.29, 1.82) is 0 Å². The topological polar surface area (TPSA) is 74.3 Å². The number of nitrogens with one attached hydrogen (secondary N) is 2. The predicted octanol–water partition coefficient (Wildman–Crippen LogP) is 3.21. The Kier molecular flexibility index (Phi) is 4.56. The van der Waals surface area contributed by atoms with Crippen molar-refractivity contribution in [2.24, 2.45) is 0 Å². The van der Waals surface area contributed by atoms with E-state index in [4.69, 9.17) is 0 Å². The first-order valence-electron chi connectivity index (χ1n) is 9.14. The van der Waals surface area contributed by atoms with Gasteiger partial charge in [-0.1, -0.05) is 0 Å². The molecule has 1 fully saturated rings. The van der Waals surface area contributed by atoms with Gasteiger partial charge in [0.15, 0.2) is 0 Å². The smallest absolute Gasteiger partial charge is 0.256 e. The maximum atomic E-state index is 12.5. The molecule has 134 valence electrons. The first-order valence-corrected chi connectivity index (χ1v) is 9.14. The summed E-state index contributed by atoms with van der Waals surface area (Å²) in [5.41, 5.74) is 3.46. The summed E-state index contributed by atoms with van der Waals surface area (Å²) in [6.45, 7) is 2.14. The zero-order chi connectivity index (χ0) is 17.9. The second kappa shape index (κ2) is 7.15. The maximum Gasteiger partial charge on any atom is 0.256 e. The van der Waals surface area contributed by atoms with Crippen molar-refractivity contribution in [2.45, 2.75) is 32.1 Å². The van der Waals surface area contributed by atoms with Gasteiger partial charge in [0.2, 0.25) is 5.91 Å². The van der Waals surface area contributed by atoms with E-state index >= 15 is 0 Å². The lowest BCUT2D eigenvalue weighted by Gasteiger charge is -2.28. The highest BCUT2D eigenvalue weighted by Crippen LogP contribution is 2.24. The molecule has 2 amide bonds. The number of hydrogen-bond acceptors (Lipinski definition) is 4. The van der Waals surface area contributed by atoms with E-state index < -0.39 is 0 Å². The number of hydrogen-bond donors (Lipinski definition) is 2. The standard InChI is InChI=1S/C20H22N4O2/c25-19-9-5-14-12-15(4-7-17(14)22-19)20(26)23-18-8-6-16(13-21-18)24-10-2-1-3-11-24/h4,6-8,12-13H,1-3,5,9-11H2,(H,22,25)(H,21,23,26). The molecule has 6 heteroatoms. The number of nitrogens with zero attached hydrogens (tertiary/aromatic N) is 2.